The van der Waals surface area contributed by atoms with Crippen LogP contribution in [0.25, 0.3) is 0 Å². The van der Waals surface area contributed by atoms with Crippen molar-refractivity contribution in [1.29, 1.82) is 0 Å². The number of nitrogens with zero attached hydrogens (tertiary/aromatic N) is 1. The first-order valence-electron chi connectivity index (χ1n) is 4.71. The van der Waals surface area contributed by atoms with Crippen molar-refractivity contribution < 1.29 is 19.0 Å². The first-order chi connectivity index (χ1) is 7.63. The number of halogens is 1. The largest absolute Gasteiger partial charge is 0.448 e. The number of amides is 1. The van der Waals surface area contributed by atoms with Crippen molar-refractivity contribution in [3.05, 3.63) is 23.9 Å². The molecule has 2 aliphatic rings. The average Bonchev–Trinajstić information content (AvgIpc) is 2.53. The maximum absolute atomic E-state index is 11.1. The molecule has 6 nitrogen and oxygen atoms in total. The lowest BCUT2D eigenvalue weighted by Gasteiger charge is -2.22. The van der Waals surface area contributed by atoms with E-state index in [9.17, 15) is 4.79 Å². The second kappa shape index (κ2) is 4.23. The minimum absolute atomic E-state index is 0.185. The molecular weight excluding hydrogens is 236 g/mol. The third-order valence-corrected chi connectivity index (χ3v) is 2.39. The molecule has 0 spiro atoms. The van der Waals surface area contributed by atoms with Gasteiger partial charge in [0.15, 0.2) is 0 Å². The highest BCUT2D eigenvalue weighted by Crippen LogP contribution is 2.33. The van der Waals surface area contributed by atoms with Gasteiger partial charge >= 0.3 is 6.09 Å². The average molecular weight is 247 g/mol. The summed E-state index contributed by atoms with van der Waals surface area (Å²) in [5.41, 5.74) is -0.433. The lowest BCUT2D eigenvalue weighted by atomic mass is 10.4. The highest BCUT2D eigenvalue weighted by Gasteiger charge is 2.39. The molecule has 0 radical (unpaired) electrons. The van der Waals surface area contributed by atoms with Gasteiger partial charge in [-0.25, -0.2) is 4.79 Å². The molecule has 0 aromatic carbocycles. The Labute approximate surface area is 97.4 Å². The van der Waals surface area contributed by atoms with Crippen LogP contribution in [-0.4, -0.2) is 30.0 Å². The molecule has 2 aliphatic heterocycles. The summed E-state index contributed by atoms with van der Waals surface area (Å²) in [6.45, 7) is 6.19. The quantitative estimate of drug-likeness (QED) is 0.600. The maximum Gasteiger partial charge on any atom is 0.418 e. The summed E-state index contributed by atoms with van der Waals surface area (Å²) in [7, 11) is 0. The van der Waals surface area contributed by atoms with E-state index >= 15 is 0 Å². The van der Waals surface area contributed by atoms with E-state index in [0.717, 1.165) is 0 Å². The van der Waals surface area contributed by atoms with Gasteiger partial charge in [0.05, 0.1) is 5.70 Å². The van der Waals surface area contributed by atoms with E-state index < -0.39 is 11.8 Å². The zero-order valence-electron chi connectivity index (χ0n) is 8.66. The molecule has 16 heavy (non-hydrogen) atoms. The van der Waals surface area contributed by atoms with Gasteiger partial charge in [0.25, 0.3) is 11.6 Å². The van der Waals surface area contributed by atoms with E-state index in [2.05, 4.69) is 11.9 Å². The highest BCUT2D eigenvalue weighted by molar-refractivity contribution is 6.19. The van der Waals surface area contributed by atoms with Crippen LogP contribution in [0.15, 0.2) is 23.9 Å². The van der Waals surface area contributed by atoms with E-state index in [1.807, 2.05) is 6.92 Å². The number of carbonyl (C=O) groups is 1. The molecule has 0 bridgehead atoms. The second-order valence-corrected chi connectivity index (χ2v) is 3.50. The van der Waals surface area contributed by atoms with Gasteiger partial charge in [-0.2, -0.15) is 0 Å². The summed E-state index contributed by atoms with van der Waals surface area (Å²) in [6, 6.07) is 0. The summed E-state index contributed by atoms with van der Waals surface area (Å²) in [6.07, 6.45) is -0.611. The van der Waals surface area contributed by atoms with Gasteiger partial charge in [-0.15, -0.1) is 0 Å². The van der Waals surface area contributed by atoms with E-state index in [-0.39, 0.29) is 12.6 Å². The van der Waals surface area contributed by atoms with Gasteiger partial charge in [0.1, 0.15) is 6.73 Å². The number of nitrogens with one attached hydrogen (secondary N) is 1. The lowest BCUT2D eigenvalue weighted by molar-refractivity contribution is -0.0113. The molecule has 7 heteroatoms. The SMILES string of the molecule is C=C1NC(=O)OC2=C1OC(Cl)N2COCC. The number of carbonyl (C=O) groups excluding carboxylic acids is 1. The van der Waals surface area contributed by atoms with E-state index in [4.69, 9.17) is 25.8 Å². The Bertz CT molecular complexity index is 369. The molecule has 0 fully saturated rings. The normalized spacial score (nSPS) is 23.9. The van der Waals surface area contributed by atoms with Gasteiger partial charge < -0.3 is 14.2 Å². The Morgan fingerprint density at radius 2 is 2.44 bits per heavy atom. The molecule has 88 valence electrons. The van der Waals surface area contributed by atoms with E-state index in [0.29, 0.717) is 18.1 Å². The van der Waals surface area contributed by atoms with Crippen LogP contribution in [0.5, 0.6) is 0 Å². The zero-order chi connectivity index (χ0) is 11.7. The molecule has 0 saturated carbocycles. The summed E-state index contributed by atoms with van der Waals surface area (Å²) >= 11 is 5.92. The van der Waals surface area contributed by atoms with Gasteiger partial charge in [-0.05, 0) is 6.92 Å². The predicted octanol–water partition coefficient (Wildman–Crippen LogP) is 1.26. The zero-order valence-corrected chi connectivity index (χ0v) is 9.41. The lowest BCUT2D eigenvalue weighted by Crippen LogP contribution is -2.35. The Balaban J connectivity index is 2.20. The van der Waals surface area contributed by atoms with Crippen LogP contribution < -0.4 is 5.32 Å². The number of ether oxygens (including phenoxy) is 3. The Morgan fingerprint density at radius 3 is 3.12 bits per heavy atom. The van der Waals surface area contributed by atoms with Crippen LogP contribution >= 0.6 is 11.6 Å². The van der Waals surface area contributed by atoms with Crippen molar-refractivity contribution in [3.8, 4) is 0 Å². The van der Waals surface area contributed by atoms with Gasteiger partial charge in [-0.3, -0.25) is 10.2 Å². The number of rotatable bonds is 3. The van der Waals surface area contributed by atoms with Gasteiger partial charge in [-0.1, -0.05) is 18.2 Å². The number of alkyl halides is 1. The Kier molecular flexibility index (Phi) is 2.93. The maximum atomic E-state index is 11.1. The molecule has 2 heterocycles. The van der Waals surface area contributed by atoms with Crippen LogP contribution in [-0.2, 0) is 14.2 Å². The molecule has 1 unspecified atom stereocenters. The first-order valence-corrected chi connectivity index (χ1v) is 5.14. The summed E-state index contributed by atoms with van der Waals surface area (Å²) in [5.74, 6) is 0.571. The monoisotopic (exact) mass is 246 g/mol. The molecule has 0 aliphatic carbocycles. The third kappa shape index (κ3) is 1.81. The van der Waals surface area contributed by atoms with Crippen LogP contribution in [0.2, 0.25) is 0 Å². The topological polar surface area (TPSA) is 60.0 Å². The number of hydrogen-bond donors (Lipinski definition) is 1. The fourth-order valence-corrected chi connectivity index (χ4v) is 1.57. The summed E-state index contributed by atoms with van der Waals surface area (Å²) < 4.78 is 15.4. The van der Waals surface area contributed by atoms with Crippen molar-refractivity contribution in [2.75, 3.05) is 13.3 Å². The molecule has 0 saturated heterocycles. The predicted molar refractivity (Wildman–Crippen MR) is 54.8 cm³/mol. The van der Waals surface area contributed by atoms with E-state index in [1.54, 1.807) is 0 Å². The molecule has 0 aromatic heterocycles. The standard InChI is InChI=1S/C9H11ClN2O4/c1-3-14-4-12-7-6(15-8(12)10)5(2)11-9(13)16-7/h8H,2-4H2,1H3,(H,11,13). The minimum Gasteiger partial charge on any atom is -0.448 e. The number of hydrogen-bond acceptors (Lipinski definition) is 5. The second-order valence-electron chi connectivity index (χ2n) is 3.13. The first kappa shape index (κ1) is 11.1. The molecular formula is C9H11ClN2O4. The fraction of sp³-hybridized carbons (Fsp3) is 0.444. The van der Waals surface area contributed by atoms with Gasteiger partial charge in [0, 0.05) is 6.61 Å². The fourth-order valence-electron chi connectivity index (χ4n) is 1.34. The summed E-state index contributed by atoms with van der Waals surface area (Å²) in [5, 5.41) is 2.38. The van der Waals surface area contributed by atoms with Crippen LogP contribution in [0.3, 0.4) is 0 Å². The van der Waals surface area contributed by atoms with Crippen molar-refractivity contribution in [2.24, 2.45) is 0 Å². The van der Waals surface area contributed by atoms with Crippen molar-refractivity contribution in [1.82, 2.24) is 10.2 Å². The van der Waals surface area contributed by atoms with Crippen LogP contribution in [0.4, 0.5) is 4.79 Å². The van der Waals surface area contributed by atoms with Crippen molar-refractivity contribution in [2.45, 2.75) is 12.6 Å². The molecule has 1 amide bonds. The van der Waals surface area contributed by atoms with Crippen LogP contribution in [0.1, 0.15) is 6.92 Å². The van der Waals surface area contributed by atoms with Crippen LogP contribution in [0, 0.1) is 0 Å². The molecule has 2 rings (SSSR count). The molecule has 1 atom stereocenters. The molecule has 1 N–H and O–H groups in total. The minimum atomic E-state index is -0.763. The number of alkyl carbamates (subject to hydrolysis) is 1. The smallest absolute Gasteiger partial charge is 0.418 e. The van der Waals surface area contributed by atoms with Crippen molar-refractivity contribution in [3.63, 3.8) is 0 Å². The van der Waals surface area contributed by atoms with Gasteiger partial charge in [0.2, 0.25) is 5.76 Å². The highest BCUT2D eigenvalue weighted by atomic mass is 35.5. The molecule has 0 aromatic rings. The Hall–Kier alpha value is -1.40. The Morgan fingerprint density at radius 1 is 1.69 bits per heavy atom. The third-order valence-electron chi connectivity index (χ3n) is 2.07. The summed E-state index contributed by atoms with van der Waals surface area (Å²) in [4.78, 5) is 12.6. The van der Waals surface area contributed by atoms with Crippen molar-refractivity contribution >= 4 is 17.7 Å². The van der Waals surface area contributed by atoms with E-state index in [1.165, 1.54) is 4.90 Å².